The molecule has 376 valence electrons. The molecule has 15 heteroatoms. The number of aromatic nitrogens is 1. The van der Waals surface area contributed by atoms with Crippen molar-refractivity contribution in [3.63, 3.8) is 0 Å². The molecule has 10 atom stereocenters. The number of aliphatic hydroxyl groups is 3. The summed E-state index contributed by atoms with van der Waals surface area (Å²) in [6.07, 6.45) is 14.3. The topological polar surface area (TPSA) is 207 Å². The predicted octanol–water partition coefficient (Wildman–Crippen LogP) is 7.72. The molecule has 4 amide bonds. The fourth-order valence-electron chi connectivity index (χ4n) is 10.1. The molecule has 1 aromatic carbocycles. The molecular weight excluding hydrogens is 883 g/mol. The number of allylic oxidation sites excluding steroid dienone is 3. The van der Waals surface area contributed by atoms with E-state index in [1.54, 1.807) is 11.3 Å². The number of nitrogens with zero attached hydrogens (tertiary/aromatic N) is 2. The zero-order valence-electron chi connectivity index (χ0n) is 41.3. The van der Waals surface area contributed by atoms with Crippen molar-refractivity contribution in [1.29, 1.82) is 0 Å². The zero-order valence-corrected chi connectivity index (χ0v) is 42.1. The first kappa shape index (κ1) is 54.5. The van der Waals surface area contributed by atoms with Crippen LogP contribution in [0.2, 0.25) is 0 Å². The summed E-state index contributed by atoms with van der Waals surface area (Å²) >= 11 is 1.58. The minimum Gasteiger partial charge on any atom is -0.446 e. The first-order valence-electron chi connectivity index (χ1n) is 25.1. The molecule has 1 aliphatic heterocycles. The van der Waals surface area contributed by atoms with E-state index in [0.29, 0.717) is 32.1 Å². The lowest BCUT2D eigenvalue weighted by atomic mass is 9.65. The summed E-state index contributed by atoms with van der Waals surface area (Å²) in [7, 11) is 0. The standard InChI is InChI=1S/C53H79N5O9S/c1-34-27-39-19-16-35(2)43(23-22-40(60)29-41(61)24-26-59)47(39)45(28-34)67-52(66)54-25-14-12-10-8-7-9-11-13-15-46(63)57-49(53(4,5)6)51(65)58-32-42(62)30-44(58)50(64)55-31-37-17-20-38(21-18-37)48-36(3)56-33-68-48/h16-21,26-27,33-35,40-45,47,49,60-62H,7-15,22-25,28-32H2,1-6H3,(H,54,66)(H,55,64)(H,57,63)/t34-,35-,40+,41-,42+,43-,44-,45?,47-,49-/m0/s1. The van der Waals surface area contributed by atoms with E-state index in [1.807, 2.05) is 57.5 Å². The van der Waals surface area contributed by atoms with Crippen LogP contribution in [-0.2, 0) is 30.5 Å². The maximum absolute atomic E-state index is 14.0. The Morgan fingerprint density at radius 3 is 2.31 bits per heavy atom. The van der Waals surface area contributed by atoms with Gasteiger partial charge in [-0.1, -0.05) is 116 Å². The number of ether oxygens (including phenoxy) is 1. The van der Waals surface area contributed by atoms with Gasteiger partial charge in [0.15, 0.2) is 0 Å². The van der Waals surface area contributed by atoms with Crippen molar-refractivity contribution in [2.45, 2.75) is 181 Å². The van der Waals surface area contributed by atoms with Crippen LogP contribution < -0.4 is 16.0 Å². The van der Waals surface area contributed by atoms with Gasteiger partial charge in [0.05, 0.1) is 34.4 Å². The van der Waals surface area contributed by atoms with Gasteiger partial charge < -0.3 is 45.7 Å². The van der Waals surface area contributed by atoms with E-state index < -0.39 is 41.9 Å². The Balaban J connectivity index is 0.953. The smallest absolute Gasteiger partial charge is 0.407 e. The molecule has 2 heterocycles. The minimum atomic E-state index is -0.860. The number of alkyl carbamates (subject to hydrolysis) is 1. The van der Waals surface area contributed by atoms with Gasteiger partial charge in [0, 0.05) is 44.8 Å². The number of aryl methyl sites for hydroxylation is 1. The lowest BCUT2D eigenvalue weighted by Crippen LogP contribution is -2.57. The Morgan fingerprint density at radius 1 is 0.956 bits per heavy atom. The van der Waals surface area contributed by atoms with Gasteiger partial charge in [-0.15, -0.1) is 11.3 Å². The lowest BCUT2D eigenvalue weighted by Gasteiger charge is -2.43. The summed E-state index contributed by atoms with van der Waals surface area (Å²) in [5, 5.41) is 40.0. The Bertz CT molecular complexity index is 2010. The van der Waals surface area contributed by atoms with Gasteiger partial charge in [-0.3, -0.25) is 14.4 Å². The number of aliphatic hydroxyl groups excluding tert-OH is 3. The summed E-state index contributed by atoms with van der Waals surface area (Å²) in [6, 6.07) is 6.22. The van der Waals surface area contributed by atoms with Gasteiger partial charge in [0.25, 0.3) is 0 Å². The number of hydrogen-bond donors (Lipinski definition) is 6. The Labute approximate surface area is 408 Å². The van der Waals surface area contributed by atoms with Crippen LogP contribution >= 0.6 is 11.3 Å². The molecule has 1 unspecified atom stereocenters. The fraction of sp³-hybridized carbons (Fsp3) is 0.660. The van der Waals surface area contributed by atoms with Gasteiger partial charge in [0.2, 0.25) is 17.7 Å². The highest BCUT2D eigenvalue weighted by Crippen LogP contribution is 2.45. The molecule has 1 fully saturated rings. The number of unbranched alkanes of at least 4 members (excludes halogenated alkanes) is 7. The molecule has 6 N–H and O–H groups in total. The quantitative estimate of drug-likeness (QED) is 0.0422. The van der Waals surface area contributed by atoms with Crippen molar-refractivity contribution in [2.75, 3.05) is 13.1 Å². The van der Waals surface area contributed by atoms with E-state index in [1.165, 1.54) is 10.5 Å². The molecular formula is C53H79N5O9S. The average Bonchev–Trinajstić information content (AvgIpc) is 3.90. The molecule has 1 aromatic heterocycles. The van der Waals surface area contributed by atoms with Crippen LogP contribution in [0.5, 0.6) is 0 Å². The van der Waals surface area contributed by atoms with Crippen LogP contribution in [0, 0.1) is 36.0 Å². The maximum atomic E-state index is 14.0. The third-order valence-electron chi connectivity index (χ3n) is 13.9. The monoisotopic (exact) mass is 962 g/mol. The summed E-state index contributed by atoms with van der Waals surface area (Å²) in [4.78, 5) is 71.3. The number of rotatable bonds is 25. The Hall–Kier alpha value is -4.44. The average molecular weight is 962 g/mol. The number of amides is 4. The summed E-state index contributed by atoms with van der Waals surface area (Å²) in [6.45, 7) is 12.8. The Morgan fingerprint density at radius 2 is 1.65 bits per heavy atom. The first-order chi connectivity index (χ1) is 32.4. The van der Waals surface area contributed by atoms with Crippen molar-refractivity contribution < 1.29 is 44.0 Å². The third-order valence-corrected chi connectivity index (χ3v) is 14.9. The van der Waals surface area contributed by atoms with Crippen LogP contribution in [0.1, 0.15) is 142 Å². The normalized spacial score (nSPS) is 23.8. The van der Waals surface area contributed by atoms with Gasteiger partial charge in [-0.05, 0) is 85.3 Å². The molecule has 2 aromatic rings. The van der Waals surface area contributed by atoms with Gasteiger partial charge >= 0.3 is 6.09 Å². The predicted molar refractivity (Wildman–Crippen MR) is 265 cm³/mol. The maximum Gasteiger partial charge on any atom is 0.407 e. The number of β-amino-alcohol motifs (C(OH)–C–C–N with tert-alkyl or cyclic N) is 1. The third kappa shape index (κ3) is 16.3. The molecule has 3 aliphatic rings. The van der Waals surface area contributed by atoms with Crippen LogP contribution in [0.4, 0.5) is 4.79 Å². The Kier molecular flexibility index (Phi) is 21.3. The van der Waals surface area contributed by atoms with Crippen molar-refractivity contribution in [3.8, 4) is 10.4 Å². The number of benzene rings is 1. The van der Waals surface area contributed by atoms with Crippen molar-refractivity contribution in [1.82, 2.24) is 25.8 Å². The van der Waals surface area contributed by atoms with E-state index in [2.05, 4.69) is 53.0 Å². The van der Waals surface area contributed by atoms with E-state index in [-0.39, 0.29) is 79.8 Å². The van der Waals surface area contributed by atoms with Crippen molar-refractivity contribution in [2.24, 2.45) is 29.1 Å². The van der Waals surface area contributed by atoms with Crippen LogP contribution in [0.15, 0.2) is 53.6 Å². The molecule has 0 spiro atoms. The molecule has 1 saturated heterocycles. The van der Waals surface area contributed by atoms with Gasteiger partial charge in [-0.25, -0.2) is 9.78 Å². The van der Waals surface area contributed by atoms with Crippen LogP contribution in [-0.4, -0.2) is 105 Å². The summed E-state index contributed by atoms with van der Waals surface area (Å²) in [5.41, 5.74) is 5.31. The largest absolute Gasteiger partial charge is 0.446 e. The number of thiazole rings is 1. The van der Waals surface area contributed by atoms with E-state index >= 15 is 0 Å². The van der Waals surface area contributed by atoms with E-state index in [0.717, 1.165) is 79.5 Å². The second-order valence-electron chi connectivity index (χ2n) is 20.7. The zero-order chi connectivity index (χ0) is 49.4. The van der Waals surface area contributed by atoms with E-state index in [9.17, 15) is 39.3 Å². The minimum absolute atomic E-state index is 0.0158. The summed E-state index contributed by atoms with van der Waals surface area (Å²) < 4.78 is 6.10. The van der Waals surface area contributed by atoms with E-state index in [4.69, 9.17) is 4.74 Å². The highest BCUT2D eigenvalue weighted by molar-refractivity contribution is 7.13. The second-order valence-corrected chi connectivity index (χ2v) is 21.6. The number of nitrogens with one attached hydrogen (secondary N) is 3. The van der Waals surface area contributed by atoms with Crippen LogP contribution in [0.3, 0.4) is 0 Å². The second kappa shape index (κ2) is 26.5. The highest BCUT2D eigenvalue weighted by atomic mass is 32.1. The number of carbonyl (C=O) groups is 5. The number of hydrogen-bond acceptors (Lipinski definition) is 11. The number of carbonyl (C=O) groups excluding carboxylic acids is 5. The van der Waals surface area contributed by atoms with Crippen molar-refractivity contribution >= 4 is 41.4 Å². The van der Waals surface area contributed by atoms with Crippen LogP contribution in [0.25, 0.3) is 10.4 Å². The lowest BCUT2D eigenvalue weighted by molar-refractivity contribution is -0.144. The molecule has 5 rings (SSSR count). The SMILES string of the molecule is Cc1ncsc1-c1ccc(CNC(=O)[C@@H]2C[C@@H](O)CN2C(=O)[C@H](NC(=O)CCCCCCCCCCNC(=O)OC2C[C@@H](C)C=C3C=C[C@H](C)[C@H](CC[C@@H](O)C[C@@H](O)CC=O)[C@H]32)C(C)(C)C)cc1. The highest BCUT2D eigenvalue weighted by Gasteiger charge is 2.45. The molecule has 0 saturated carbocycles. The summed E-state index contributed by atoms with van der Waals surface area (Å²) in [5.74, 6) is -0.193. The fourth-order valence-corrected chi connectivity index (χ4v) is 10.9. The number of likely N-dealkylation sites (tertiary alicyclic amines) is 1. The first-order valence-corrected chi connectivity index (χ1v) is 26.0. The van der Waals surface area contributed by atoms with Crippen molar-refractivity contribution in [3.05, 3.63) is 64.8 Å². The molecule has 68 heavy (non-hydrogen) atoms. The molecule has 14 nitrogen and oxygen atoms in total. The molecule has 2 aliphatic carbocycles. The number of fused-ring (bicyclic) bond motifs is 1. The molecule has 0 radical (unpaired) electrons. The molecule has 0 bridgehead atoms. The number of aldehydes is 1. The van der Waals surface area contributed by atoms with Gasteiger partial charge in [-0.2, -0.15) is 0 Å². The van der Waals surface area contributed by atoms with Gasteiger partial charge in [0.1, 0.15) is 24.5 Å².